The van der Waals surface area contributed by atoms with Crippen molar-refractivity contribution in [1.82, 2.24) is 4.98 Å². The van der Waals surface area contributed by atoms with Gasteiger partial charge in [0.05, 0.1) is 5.56 Å². The summed E-state index contributed by atoms with van der Waals surface area (Å²) in [7, 11) is 0. The fourth-order valence-electron chi connectivity index (χ4n) is 2.81. The molecule has 0 aliphatic rings. The minimum absolute atomic E-state index is 0.146. The molecule has 0 aliphatic carbocycles. The molecule has 27 heavy (non-hydrogen) atoms. The first-order chi connectivity index (χ1) is 12.8. The van der Waals surface area contributed by atoms with Crippen LogP contribution < -0.4 is 5.73 Å². The van der Waals surface area contributed by atoms with E-state index in [-0.39, 0.29) is 17.0 Å². The lowest BCUT2D eigenvalue weighted by atomic mass is 10.0. The van der Waals surface area contributed by atoms with Crippen LogP contribution in [0.1, 0.15) is 5.56 Å². The van der Waals surface area contributed by atoms with Gasteiger partial charge in [-0.2, -0.15) is 13.2 Å². The number of fused-ring (bicyclic) bond motifs is 1. The van der Waals surface area contributed by atoms with Gasteiger partial charge in [-0.05, 0) is 54.1 Å². The van der Waals surface area contributed by atoms with Crippen molar-refractivity contribution in [2.75, 3.05) is 5.73 Å². The number of nitrogens with two attached hydrogens (primary N) is 1. The highest BCUT2D eigenvalue weighted by molar-refractivity contribution is 6.33. The summed E-state index contributed by atoms with van der Waals surface area (Å²) >= 11 is 6.25. The zero-order valence-corrected chi connectivity index (χ0v) is 14.5. The van der Waals surface area contributed by atoms with Crippen LogP contribution in [0.2, 0.25) is 5.02 Å². The van der Waals surface area contributed by atoms with Gasteiger partial charge in [0.1, 0.15) is 5.52 Å². The van der Waals surface area contributed by atoms with Crippen molar-refractivity contribution in [3.05, 3.63) is 71.2 Å². The Kier molecular flexibility index (Phi) is 4.08. The molecule has 4 rings (SSSR count). The molecule has 1 heterocycles. The maximum atomic E-state index is 12.9. The van der Waals surface area contributed by atoms with E-state index in [1.807, 2.05) is 6.07 Å². The quantitative estimate of drug-likeness (QED) is 0.403. The smallest absolute Gasteiger partial charge is 0.416 e. The maximum absolute atomic E-state index is 12.9. The molecule has 0 spiro atoms. The van der Waals surface area contributed by atoms with E-state index < -0.39 is 11.7 Å². The highest BCUT2D eigenvalue weighted by atomic mass is 35.5. The Bertz CT molecular complexity index is 1150. The van der Waals surface area contributed by atoms with Gasteiger partial charge in [-0.15, -0.1) is 0 Å². The van der Waals surface area contributed by atoms with Gasteiger partial charge in [-0.3, -0.25) is 0 Å². The minimum Gasteiger partial charge on any atom is -0.436 e. The lowest BCUT2D eigenvalue weighted by Crippen LogP contribution is -2.03. The van der Waals surface area contributed by atoms with Crippen LogP contribution >= 0.6 is 11.6 Å². The van der Waals surface area contributed by atoms with Crippen molar-refractivity contribution in [1.29, 1.82) is 0 Å². The molecule has 0 amide bonds. The van der Waals surface area contributed by atoms with Gasteiger partial charge in [-0.1, -0.05) is 23.7 Å². The van der Waals surface area contributed by atoms with Gasteiger partial charge in [0, 0.05) is 21.8 Å². The molecule has 0 saturated carbocycles. The van der Waals surface area contributed by atoms with E-state index in [1.54, 1.807) is 36.4 Å². The minimum atomic E-state index is -4.43. The Hall–Kier alpha value is -2.99. The highest BCUT2D eigenvalue weighted by Crippen LogP contribution is 2.35. The highest BCUT2D eigenvalue weighted by Gasteiger charge is 2.31. The third-order valence-electron chi connectivity index (χ3n) is 4.13. The normalized spacial score (nSPS) is 11.9. The van der Waals surface area contributed by atoms with E-state index in [2.05, 4.69) is 4.98 Å². The average Bonchev–Trinajstić information content (AvgIpc) is 3.06. The number of alkyl halides is 3. The molecular formula is C20H12ClF3N2O. The molecule has 136 valence electrons. The van der Waals surface area contributed by atoms with E-state index in [1.165, 1.54) is 6.07 Å². The van der Waals surface area contributed by atoms with Crippen LogP contribution in [-0.4, -0.2) is 4.98 Å². The van der Waals surface area contributed by atoms with Crippen molar-refractivity contribution >= 4 is 28.4 Å². The van der Waals surface area contributed by atoms with Crippen LogP contribution in [0.4, 0.5) is 18.9 Å². The van der Waals surface area contributed by atoms with Crippen molar-refractivity contribution in [2.24, 2.45) is 0 Å². The van der Waals surface area contributed by atoms with Gasteiger partial charge in [-0.25, -0.2) is 4.98 Å². The van der Waals surface area contributed by atoms with Crippen LogP contribution in [0.3, 0.4) is 0 Å². The number of halogens is 4. The third kappa shape index (κ3) is 3.36. The topological polar surface area (TPSA) is 52.0 Å². The zero-order chi connectivity index (χ0) is 19.2. The molecule has 0 unspecified atom stereocenters. The summed E-state index contributed by atoms with van der Waals surface area (Å²) < 4.78 is 44.3. The zero-order valence-electron chi connectivity index (χ0n) is 13.7. The van der Waals surface area contributed by atoms with Gasteiger partial charge in [0.15, 0.2) is 5.58 Å². The lowest BCUT2D eigenvalue weighted by molar-refractivity contribution is -0.137. The average molecular weight is 389 g/mol. The monoisotopic (exact) mass is 388 g/mol. The van der Waals surface area contributed by atoms with Crippen molar-refractivity contribution < 1.29 is 17.6 Å². The summed E-state index contributed by atoms with van der Waals surface area (Å²) in [5.74, 6) is 0.228. The fourth-order valence-corrected chi connectivity index (χ4v) is 3.04. The Morgan fingerprint density at radius 1 is 0.926 bits per heavy atom. The number of hydrogen-bond donors (Lipinski definition) is 1. The molecule has 4 aromatic rings. The first-order valence-electron chi connectivity index (χ1n) is 7.95. The Labute approximate surface area is 157 Å². The Morgan fingerprint density at radius 3 is 2.48 bits per heavy atom. The summed E-state index contributed by atoms with van der Waals surface area (Å²) in [6.07, 6.45) is -4.43. The molecule has 2 N–H and O–H groups in total. The van der Waals surface area contributed by atoms with Crippen molar-refractivity contribution in [3.8, 4) is 22.6 Å². The van der Waals surface area contributed by atoms with E-state index in [0.717, 1.165) is 23.3 Å². The number of nitrogens with zero attached hydrogens (tertiary/aromatic N) is 1. The molecule has 0 atom stereocenters. The van der Waals surface area contributed by atoms with Crippen molar-refractivity contribution in [3.63, 3.8) is 0 Å². The van der Waals surface area contributed by atoms with Gasteiger partial charge in [0.2, 0.25) is 5.89 Å². The molecule has 0 bridgehead atoms. The second-order valence-corrected chi connectivity index (χ2v) is 6.43. The maximum Gasteiger partial charge on any atom is 0.416 e. The predicted molar refractivity (Wildman–Crippen MR) is 99.3 cm³/mol. The standard InChI is InChI=1S/C20H12ClF3N2O/c21-16-6-5-14(25)10-15(16)11-2-1-3-12(8-11)19-26-17-9-13(20(22,23)24)4-7-18(17)27-19/h1-10H,25H2. The van der Waals surface area contributed by atoms with E-state index in [0.29, 0.717) is 16.3 Å². The number of oxazole rings is 1. The molecule has 0 fully saturated rings. The molecule has 3 aromatic carbocycles. The van der Waals surface area contributed by atoms with Crippen LogP contribution in [0.5, 0.6) is 0 Å². The number of rotatable bonds is 2. The van der Waals surface area contributed by atoms with Crippen LogP contribution in [0.25, 0.3) is 33.7 Å². The molecular weight excluding hydrogens is 377 g/mol. The number of anilines is 1. The molecule has 3 nitrogen and oxygen atoms in total. The Morgan fingerprint density at radius 2 is 1.70 bits per heavy atom. The summed E-state index contributed by atoms with van der Waals surface area (Å²) in [6.45, 7) is 0. The fraction of sp³-hybridized carbons (Fsp3) is 0.0500. The number of aromatic nitrogens is 1. The van der Waals surface area contributed by atoms with E-state index in [4.69, 9.17) is 21.8 Å². The second kappa shape index (κ2) is 6.32. The number of nitrogen functional groups attached to an aromatic ring is 1. The Balaban J connectivity index is 1.79. The van der Waals surface area contributed by atoms with Gasteiger partial charge in [0.25, 0.3) is 0 Å². The first kappa shape index (κ1) is 17.4. The number of hydrogen-bond acceptors (Lipinski definition) is 3. The molecule has 0 saturated heterocycles. The van der Waals surface area contributed by atoms with Crippen LogP contribution in [-0.2, 0) is 6.18 Å². The summed E-state index contributed by atoms with van der Waals surface area (Å²) in [4.78, 5) is 4.21. The van der Waals surface area contributed by atoms with Gasteiger partial charge < -0.3 is 10.2 Å². The third-order valence-corrected chi connectivity index (χ3v) is 4.46. The lowest BCUT2D eigenvalue weighted by Gasteiger charge is -2.07. The summed E-state index contributed by atoms with van der Waals surface area (Å²) in [5, 5.41) is 0.536. The predicted octanol–water partition coefficient (Wildman–Crippen LogP) is 6.42. The van der Waals surface area contributed by atoms with Crippen molar-refractivity contribution in [2.45, 2.75) is 6.18 Å². The SMILES string of the molecule is Nc1ccc(Cl)c(-c2cccc(-c3nc4cc(C(F)(F)F)ccc4o3)c2)c1. The molecule has 7 heteroatoms. The van der Waals surface area contributed by atoms with Gasteiger partial charge >= 0.3 is 6.18 Å². The van der Waals surface area contributed by atoms with E-state index in [9.17, 15) is 13.2 Å². The summed E-state index contributed by atoms with van der Waals surface area (Å²) in [5.41, 5.74) is 8.22. The van der Waals surface area contributed by atoms with Crippen LogP contribution in [0.15, 0.2) is 65.1 Å². The molecule has 0 aliphatic heterocycles. The second-order valence-electron chi connectivity index (χ2n) is 6.02. The summed E-state index contributed by atoms with van der Waals surface area (Å²) in [6, 6.07) is 15.6. The van der Waals surface area contributed by atoms with E-state index >= 15 is 0 Å². The largest absolute Gasteiger partial charge is 0.436 e. The molecule has 0 radical (unpaired) electrons. The molecule has 1 aromatic heterocycles. The number of benzene rings is 3. The first-order valence-corrected chi connectivity index (χ1v) is 8.33. The van der Waals surface area contributed by atoms with Crippen LogP contribution in [0, 0.1) is 0 Å².